The molecule has 1 N–H and O–H groups in total. The molecule has 0 aliphatic carbocycles. The van der Waals surface area contributed by atoms with Crippen molar-refractivity contribution in [1.29, 1.82) is 0 Å². The van der Waals surface area contributed by atoms with Crippen LogP contribution in [0.4, 0.5) is 4.39 Å². The highest BCUT2D eigenvalue weighted by atomic mass is 19.1. The molecule has 0 saturated heterocycles. The fourth-order valence-electron chi connectivity index (χ4n) is 1.77. The SMILES string of the molecule is C#CCN(C)Cc1cc(CNCCC)ccc1F. The highest BCUT2D eigenvalue weighted by Crippen LogP contribution is 2.12. The molecule has 1 aromatic carbocycles. The van der Waals surface area contributed by atoms with Gasteiger partial charge in [0.25, 0.3) is 0 Å². The Morgan fingerprint density at radius 2 is 2.22 bits per heavy atom. The van der Waals surface area contributed by atoms with Crippen molar-refractivity contribution < 1.29 is 4.39 Å². The minimum Gasteiger partial charge on any atom is -0.313 e. The Bertz CT molecular complexity index is 409. The Balaban J connectivity index is 2.66. The maximum Gasteiger partial charge on any atom is 0.127 e. The Hall–Kier alpha value is -1.37. The molecular weight excluding hydrogens is 227 g/mol. The molecule has 0 saturated carbocycles. The summed E-state index contributed by atoms with van der Waals surface area (Å²) in [4.78, 5) is 1.92. The van der Waals surface area contributed by atoms with Crippen LogP contribution in [0.15, 0.2) is 18.2 Å². The van der Waals surface area contributed by atoms with E-state index in [0.29, 0.717) is 18.7 Å². The molecule has 0 bridgehead atoms. The molecule has 2 nitrogen and oxygen atoms in total. The van der Waals surface area contributed by atoms with Gasteiger partial charge in [0.2, 0.25) is 0 Å². The highest BCUT2D eigenvalue weighted by Gasteiger charge is 2.06. The Morgan fingerprint density at radius 1 is 1.44 bits per heavy atom. The van der Waals surface area contributed by atoms with Crippen LogP contribution >= 0.6 is 0 Å². The van der Waals surface area contributed by atoms with Gasteiger partial charge in [-0.1, -0.05) is 25.0 Å². The summed E-state index contributed by atoms with van der Waals surface area (Å²) in [5.74, 6) is 2.39. The molecule has 0 aliphatic heterocycles. The Labute approximate surface area is 109 Å². The van der Waals surface area contributed by atoms with E-state index >= 15 is 0 Å². The number of hydrogen-bond acceptors (Lipinski definition) is 2. The fraction of sp³-hybridized carbons (Fsp3) is 0.467. The van der Waals surface area contributed by atoms with Gasteiger partial charge in [0.15, 0.2) is 0 Å². The normalized spacial score (nSPS) is 10.6. The van der Waals surface area contributed by atoms with E-state index in [1.54, 1.807) is 0 Å². The molecule has 1 aromatic rings. The predicted molar refractivity (Wildman–Crippen MR) is 73.6 cm³/mol. The van der Waals surface area contributed by atoms with Crippen LogP contribution in [-0.4, -0.2) is 25.0 Å². The van der Waals surface area contributed by atoms with E-state index < -0.39 is 0 Å². The molecular formula is C15H21FN2. The molecule has 0 aliphatic rings. The molecule has 0 radical (unpaired) electrons. The van der Waals surface area contributed by atoms with Crippen molar-refractivity contribution in [2.45, 2.75) is 26.4 Å². The standard InChI is InChI=1S/C15H21FN2/c1-4-8-17-11-13-6-7-15(16)14(10-13)12-18(3)9-5-2/h2,6-7,10,17H,4,8-9,11-12H2,1,3H3. The van der Waals surface area contributed by atoms with Gasteiger partial charge in [-0.05, 0) is 31.6 Å². The first-order valence-corrected chi connectivity index (χ1v) is 6.27. The van der Waals surface area contributed by atoms with E-state index in [0.717, 1.165) is 25.1 Å². The van der Waals surface area contributed by atoms with Crippen LogP contribution in [0.1, 0.15) is 24.5 Å². The maximum atomic E-state index is 13.7. The van der Waals surface area contributed by atoms with Crippen molar-refractivity contribution in [3.63, 3.8) is 0 Å². The van der Waals surface area contributed by atoms with Crippen LogP contribution in [0.5, 0.6) is 0 Å². The zero-order valence-electron chi connectivity index (χ0n) is 11.2. The lowest BCUT2D eigenvalue weighted by Crippen LogP contribution is -2.19. The van der Waals surface area contributed by atoms with Crippen LogP contribution in [0.2, 0.25) is 0 Å². The molecule has 0 unspecified atom stereocenters. The summed E-state index contributed by atoms with van der Waals surface area (Å²) in [7, 11) is 1.89. The summed E-state index contributed by atoms with van der Waals surface area (Å²) in [5, 5.41) is 3.31. The molecule has 0 atom stereocenters. The average Bonchev–Trinajstić information content (AvgIpc) is 2.34. The van der Waals surface area contributed by atoms with Crippen LogP contribution in [0.25, 0.3) is 0 Å². The van der Waals surface area contributed by atoms with Crippen LogP contribution in [0.3, 0.4) is 0 Å². The van der Waals surface area contributed by atoms with Crippen molar-refractivity contribution in [1.82, 2.24) is 10.2 Å². The predicted octanol–water partition coefficient (Wildman–Crippen LogP) is 2.39. The fourth-order valence-corrected chi connectivity index (χ4v) is 1.77. The summed E-state index contributed by atoms with van der Waals surface area (Å²) < 4.78 is 13.7. The molecule has 0 aromatic heterocycles. The van der Waals surface area contributed by atoms with Crippen LogP contribution in [-0.2, 0) is 13.1 Å². The number of terminal acetylenes is 1. The van der Waals surface area contributed by atoms with Gasteiger partial charge in [-0.15, -0.1) is 6.42 Å². The zero-order chi connectivity index (χ0) is 13.4. The van der Waals surface area contributed by atoms with Gasteiger partial charge < -0.3 is 5.32 Å². The smallest absolute Gasteiger partial charge is 0.127 e. The molecule has 0 amide bonds. The number of hydrogen-bond donors (Lipinski definition) is 1. The summed E-state index contributed by atoms with van der Waals surface area (Å²) in [6.45, 7) is 4.94. The van der Waals surface area contributed by atoms with Crippen molar-refractivity contribution in [2.24, 2.45) is 0 Å². The number of halogens is 1. The summed E-state index contributed by atoms with van der Waals surface area (Å²) in [6, 6.07) is 5.26. The maximum absolute atomic E-state index is 13.7. The van der Waals surface area contributed by atoms with Gasteiger partial charge in [-0.3, -0.25) is 4.90 Å². The number of benzene rings is 1. The first-order chi connectivity index (χ1) is 8.67. The zero-order valence-corrected chi connectivity index (χ0v) is 11.2. The van der Waals surface area contributed by atoms with Gasteiger partial charge in [-0.25, -0.2) is 4.39 Å². The highest BCUT2D eigenvalue weighted by molar-refractivity contribution is 5.25. The van der Waals surface area contributed by atoms with E-state index in [-0.39, 0.29) is 5.82 Å². The quantitative estimate of drug-likeness (QED) is 0.589. The second-order valence-electron chi connectivity index (χ2n) is 4.48. The summed E-state index contributed by atoms with van der Waals surface area (Å²) in [6.07, 6.45) is 6.33. The molecule has 3 heteroatoms. The lowest BCUT2D eigenvalue weighted by molar-refractivity contribution is 0.361. The largest absolute Gasteiger partial charge is 0.313 e. The topological polar surface area (TPSA) is 15.3 Å². The number of nitrogens with zero attached hydrogens (tertiary/aromatic N) is 1. The Kier molecular flexibility index (Phi) is 6.42. The average molecular weight is 248 g/mol. The van der Waals surface area contributed by atoms with Crippen molar-refractivity contribution >= 4 is 0 Å². The second-order valence-corrected chi connectivity index (χ2v) is 4.48. The van der Waals surface area contributed by atoms with Crippen molar-refractivity contribution in [3.05, 3.63) is 35.1 Å². The lowest BCUT2D eigenvalue weighted by atomic mass is 10.1. The molecule has 0 heterocycles. The van der Waals surface area contributed by atoms with E-state index in [1.807, 2.05) is 24.1 Å². The third-order valence-corrected chi connectivity index (χ3v) is 2.67. The molecule has 1 rings (SSSR count). The third kappa shape index (κ3) is 4.87. The first-order valence-electron chi connectivity index (χ1n) is 6.27. The minimum atomic E-state index is -0.168. The van der Waals surface area contributed by atoms with E-state index in [9.17, 15) is 4.39 Å². The molecule has 0 fully saturated rings. The van der Waals surface area contributed by atoms with Gasteiger partial charge in [0.1, 0.15) is 5.82 Å². The van der Waals surface area contributed by atoms with Gasteiger partial charge in [-0.2, -0.15) is 0 Å². The first kappa shape index (κ1) is 14.7. The molecule has 98 valence electrons. The number of nitrogens with one attached hydrogen (secondary N) is 1. The molecule has 18 heavy (non-hydrogen) atoms. The van der Waals surface area contributed by atoms with Gasteiger partial charge in [0, 0.05) is 18.7 Å². The third-order valence-electron chi connectivity index (χ3n) is 2.67. The van der Waals surface area contributed by atoms with E-state index in [4.69, 9.17) is 6.42 Å². The van der Waals surface area contributed by atoms with E-state index in [2.05, 4.69) is 18.2 Å². The second kappa shape index (κ2) is 7.86. The minimum absolute atomic E-state index is 0.168. The summed E-state index contributed by atoms with van der Waals surface area (Å²) in [5.41, 5.74) is 1.80. The monoisotopic (exact) mass is 248 g/mol. The van der Waals surface area contributed by atoms with E-state index in [1.165, 1.54) is 6.07 Å². The van der Waals surface area contributed by atoms with Crippen molar-refractivity contribution in [2.75, 3.05) is 20.1 Å². The lowest BCUT2D eigenvalue weighted by Gasteiger charge is -2.15. The van der Waals surface area contributed by atoms with Gasteiger partial charge in [0.05, 0.1) is 6.54 Å². The molecule has 0 spiro atoms. The number of rotatable bonds is 7. The van der Waals surface area contributed by atoms with Crippen molar-refractivity contribution in [3.8, 4) is 12.3 Å². The van der Waals surface area contributed by atoms with Crippen LogP contribution in [0, 0.1) is 18.2 Å². The summed E-state index contributed by atoms with van der Waals surface area (Å²) >= 11 is 0. The van der Waals surface area contributed by atoms with Crippen LogP contribution < -0.4 is 5.32 Å². The van der Waals surface area contributed by atoms with Gasteiger partial charge >= 0.3 is 0 Å². The Morgan fingerprint density at radius 3 is 2.89 bits per heavy atom.